The van der Waals surface area contributed by atoms with Crippen molar-refractivity contribution in [1.29, 1.82) is 0 Å². The fraction of sp³-hybridized carbons (Fsp3) is 0.458. The second-order valence-corrected chi connectivity index (χ2v) is 9.30. The van der Waals surface area contributed by atoms with E-state index in [0.29, 0.717) is 17.1 Å². The maximum absolute atomic E-state index is 9.77. The molecular formula is C24H29N9O. The number of rotatable bonds is 7. The summed E-state index contributed by atoms with van der Waals surface area (Å²) in [7, 11) is 0. The van der Waals surface area contributed by atoms with Gasteiger partial charge in [0.05, 0.1) is 30.7 Å². The zero-order valence-electron chi connectivity index (χ0n) is 19.1. The van der Waals surface area contributed by atoms with E-state index in [4.69, 9.17) is 0 Å². The van der Waals surface area contributed by atoms with Gasteiger partial charge in [0.2, 0.25) is 5.95 Å². The SMILES string of the molecule is O[C@@H]1CC[C@@H](Nc2ncc3nnn(-c4ccc(-c5cnn(CCN6CCCC6)c5)cc4)c3n2)C1. The molecule has 0 unspecified atom stereocenters. The quantitative estimate of drug-likeness (QED) is 0.434. The van der Waals surface area contributed by atoms with Crippen LogP contribution in [0, 0.1) is 0 Å². The van der Waals surface area contributed by atoms with E-state index < -0.39 is 0 Å². The van der Waals surface area contributed by atoms with Gasteiger partial charge in [-0.25, -0.2) is 4.98 Å². The van der Waals surface area contributed by atoms with Crippen LogP contribution in [0.4, 0.5) is 5.95 Å². The lowest BCUT2D eigenvalue weighted by atomic mass is 10.1. The monoisotopic (exact) mass is 459 g/mol. The Bertz CT molecular complexity index is 1260. The summed E-state index contributed by atoms with van der Waals surface area (Å²) in [5, 5.41) is 26.2. The van der Waals surface area contributed by atoms with Crippen molar-refractivity contribution in [1.82, 2.24) is 39.6 Å². The van der Waals surface area contributed by atoms with Crippen molar-refractivity contribution in [3.63, 3.8) is 0 Å². The molecule has 2 atom stereocenters. The highest BCUT2D eigenvalue weighted by molar-refractivity contribution is 5.72. The van der Waals surface area contributed by atoms with Crippen molar-refractivity contribution in [2.24, 2.45) is 0 Å². The molecule has 10 heteroatoms. The van der Waals surface area contributed by atoms with E-state index in [2.05, 4.69) is 53.9 Å². The summed E-state index contributed by atoms with van der Waals surface area (Å²) in [4.78, 5) is 11.5. The summed E-state index contributed by atoms with van der Waals surface area (Å²) >= 11 is 0. The second-order valence-electron chi connectivity index (χ2n) is 9.30. The lowest BCUT2D eigenvalue weighted by Crippen LogP contribution is -2.24. The van der Waals surface area contributed by atoms with E-state index in [-0.39, 0.29) is 12.1 Å². The maximum atomic E-state index is 9.77. The van der Waals surface area contributed by atoms with Crippen molar-refractivity contribution in [3.05, 3.63) is 42.9 Å². The summed E-state index contributed by atoms with van der Waals surface area (Å²) in [5.74, 6) is 0.535. The van der Waals surface area contributed by atoms with Gasteiger partial charge in [-0.2, -0.15) is 14.8 Å². The summed E-state index contributed by atoms with van der Waals surface area (Å²) < 4.78 is 3.76. The molecule has 4 aromatic rings. The molecule has 0 spiro atoms. The predicted molar refractivity (Wildman–Crippen MR) is 129 cm³/mol. The fourth-order valence-corrected chi connectivity index (χ4v) is 4.92. The molecule has 2 aliphatic rings. The molecule has 0 bridgehead atoms. The smallest absolute Gasteiger partial charge is 0.225 e. The van der Waals surface area contributed by atoms with Crippen molar-refractivity contribution < 1.29 is 5.11 Å². The molecule has 3 aromatic heterocycles. The molecule has 10 nitrogen and oxygen atoms in total. The third kappa shape index (κ3) is 4.38. The van der Waals surface area contributed by atoms with Crippen LogP contribution in [0.1, 0.15) is 32.1 Å². The molecule has 1 aliphatic heterocycles. The van der Waals surface area contributed by atoms with Crippen LogP contribution in [0.25, 0.3) is 28.0 Å². The molecule has 0 amide bonds. The Balaban J connectivity index is 1.17. The summed E-state index contributed by atoms with van der Waals surface area (Å²) in [6, 6.07) is 8.38. The topological polar surface area (TPSA) is 110 Å². The zero-order valence-corrected chi connectivity index (χ0v) is 19.1. The minimum Gasteiger partial charge on any atom is -0.393 e. The summed E-state index contributed by atoms with van der Waals surface area (Å²) in [5.41, 5.74) is 4.38. The van der Waals surface area contributed by atoms with E-state index in [9.17, 15) is 5.11 Å². The van der Waals surface area contributed by atoms with Crippen LogP contribution in [-0.4, -0.2) is 76.5 Å². The average Bonchev–Trinajstić information content (AvgIpc) is 3.65. The number of anilines is 1. The average molecular weight is 460 g/mol. The number of benzene rings is 1. The lowest BCUT2D eigenvalue weighted by Gasteiger charge is -2.13. The van der Waals surface area contributed by atoms with Crippen molar-refractivity contribution >= 4 is 17.1 Å². The largest absolute Gasteiger partial charge is 0.393 e. The second kappa shape index (κ2) is 9.11. The highest BCUT2D eigenvalue weighted by atomic mass is 16.3. The molecule has 2 fully saturated rings. The first-order valence-corrected chi connectivity index (χ1v) is 12.1. The predicted octanol–water partition coefficient (Wildman–Crippen LogP) is 2.50. The van der Waals surface area contributed by atoms with Gasteiger partial charge in [0.15, 0.2) is 11.2 Å². The maximum Gasteiger partial charge on any atom is 0.225 e. The van der Waals surface area contributed by atoms with Gasteiger partial charge in [0.25, 0.3) is 0 Å². The molecule has 4 heterocycles. The van der Waals surface area contributed by atoms with E-state index in [0.717, 1.165) is 49.2 Å². The van der Waals surface area contributed by atoms with E-state index in [1.165, 1.54) is 25.9 Å². The number of fused-ring (bicyclic) bond motifs is 1. The van der Waals surface area contributed by atoms with Gasteiger partial charge < -0.3 is 15.3 Å². The first kappa shape index (κ1) is 21.2. The van der Waals surface area contributed by atoms with Crippen LogP contribution >= 0.6 is 0 Å². The first-order chi connectivity index (χ1) is 16.7. The van der Waals surface area contributed by atoms with Gasteiger partial charge in [-0.1, -0.05) is 17.3 Å². The van der Waals surface area contributed by atoms with E-state index in [1.807, 2.05) is 23.0 Å². The minimum atomic E-state index is -0.246. The van der Waals surface area contributed by atoms with Crippen LogP contribution < -0.4 is 5.32 Å². The third-order valence-corrected chi connectivity index (χ3v) is 6.85. The normalized spacial score (nSPS) is 21.0. The van der Waals surface area contributed by atoms with Crippen molar-refractivity contribution in [2.75, 3.05) is 25.0 Å². The fourth-order valence-electron chi connectivity index (χ4n) is 4.92. The highest BCUT2D eigenvalue weighted by Crippen LogP contribution is 2.24. The Morgan fingerprint density at radius 1 is 1.00 bits per heavy atom. The summed E-state index contributed by atoms with van der Waals surface area (Å²) in [6.07, 6.45) is 10.5. The Kier molecular flexibility index (Phi) is 5.68. The summed E-state index contributed by atoms with van der Waals surface area (Å²) in [6.45, 7) is 4.38. The van der Waals surface area contributed by atoms with Crippen LogP contribution in [0.15, 0.2) is 42.9 Å². The van der Waals surface area contributed by atoms with Crippen LogP contribution in [-0.2, 0) is 6.54 Å². The molecule has 1 aliphatic carbocycles. The number of hydrogen-bond acceptors (Lipinski definition) is 8. The molecule has 1 aromatic carbocycles. The molecule has 2 N–H and O–H groups in total. The highest BCUT2D eigenvalue weighted by Gasteiger charge is 2.23. The number of likely N-dealkylation sites (tertiary alicyclic amines) is 1. The zero-order chi connectivity index (χ0) is 22.9. The molecule has 176 valence electrons. The number of aromatic nitrogens is 7. The van der Waals surface area contributed by atoms with Gasteiger partial charge in [0.1, 0.15) is 0 Å². The van der Waals surface area contributed by atoms with Gasteiger partial charge in [-0.15, -0.1) is 5.10 Å². The van der Waals surface area contributed by atoms with Crippen LogP contribution in [0.2, 0.25) is 0 Å². The first-order valence-electron chi connectivity index (χ1n) is 12.1. The van der Waals surface area contributed by atoms with Gasteiger partial charge in [0, 0.05) is 24.3 Å². The van der Waals surface area contributed by atoms with Gasteiger partial charge in [-0.05, 0) is 62.9 Å². The number of nitrogens with one attached hydrogen (secondary N) is 1. The molecular weight excluding hydrogens is 430 g/mol. The molecule has 1 saturated carbocycles. The molecule has 1 saturated heterocycles. The van der Waals surface area contributed by atoms with Crippen LogP contribution in [0.3, 0.4) is 0 Å². The van der Waals surface area contributed by atoms with Crippen molar-refractivity contribution in [2.45, 2.75) is 50.8 Å². The number of aliphatic hydroxyl groups excluding tert-OH is 1. The Morgan fingerprint density at radius 2 is 1.85 bits per heavy atom. The number of aliphatic hydroxyl groups is 1. The standard InChI is InChI=1S/C24H29N9O/c34-21-8-5-19(13-21)27-24-25-15-22-23(28-24)33(30-29-22)20-6-3-17(4-7-20)18-14-26-32(16-18)12-11-31-9-1-2-10-31/h3-4,6-7,14-16,19,21,34H,1-2,5,8-13H2,(H,25,27,28)/t19-,21-/m1/s1. The Morgan fingerprint density at radius 3 is 2.65 bits per heavy atom. The molecule has 34 heavy (non-hydrogen) atoms. The van der Waals surface area contributed by atoms with Gasteiger partial charge >= 0.3 is 0 Å². The van der Waals surface area contributed by atoms with Gasteiger partial charge in [-0.3, -0.25) is 4.68 Å². The Hall–Kier alpha value is -3.37. The van der Waals surface area contributed by atoms with Crippen LogP contribution in [0.5, 0.6) is 0 Å². The minimum absolute atomic E-state index is 0.187. The Labute approximate surface area is 197 Å². The number of hydrogen-bond donors (Lipinski definition) is 2. The third-order valence-electron chi connectivity index (χ3n) is 6.85. The van der Waals surface area contributed by atoms with E-state index >= 15 is 0 Å². The molecule has 0 radical (unpaired) electrons. The van der Waals surface area contributed by atoms with E-state index in [1.54, 1.807) is 10.9 Å². The lowest BCUT2D eigenvalue weighted by molar-refractivity contribution is 0.182. The number of nitrogens with zero attached hydrogens (tertiary/aromatic N) is 8. The molecule has 6 rings (SSSR count). The van der Waals surface area contributed by atoms with Crippen molar-refractivity contribution in [3.8, 4) is 16.8 Å².